The van der Waals surface area contributed by atoms with Crippen LogP contribution in [0.3, 0.4) is 0 Å². The van der Waals surface area contributed by atoms with Crippen molar-refractivity contribution in [3.05, 3.63) is 118 Å². The van der Waals surface area contributed by atoms with Crippen molar-refractivity contribution in [3.63, 3.8) is 0 Å². The molecule has 0 saturated carbocycles. The van der Waals surface area contributed by atoms with E-state index in [0.717, 1.165) is 37.4 Å². The zero-order valence-electron chi connectivity index (χ0n) is 17.8. The van der Waals surface area contributed by atoms with Crippen molar-refractivity contribution in [3.8, 4) is 6.07 Å². The second-order valence-corrected chi connectivity index (χ2v) is 8.69. The lowest BCUT2D eigenvalue weighted by molar-refractivity contribution is 0.0601. The Morgan fingerprint density at radius 1 is 0.909 bits per heavy atom. The van der Waals surface area contributed by atoms with Gasteiger partial charge in [0.05, 0.1) is 41.4 Å². The molecule has 0 spiro atoms. The van der Waals surface area contributed by atoms with Crippen LogP contribution in [0, 0.1) is 11.3 Å². The Labute approximate surface area is 199 Å². The van der Waals surface area contributed by atoms with E-state index in [9.17, 15) is 10.1 Å². The Balaban J connectivity index is 1.96. The van der Waals surface area contributed by atoms with Gasteiger partial charge in [0.15, 0.2) is 0 Å². The van der Waals surface area contributed by atoms with Gasteiger partial charge in [0, 0.05) is 15.2 Å². The Morgan fingerprint density at radius 2 is 1.55 bits per heavy atom. The molecular formula is C28H19BrN2O2. The molecule has 0 radical (unpaired) electrons. The molecule has 0 saturated heterocycles. The van der Waals surface area contributed by atoms with Crippen LogP contribution < -0.4 is 0 Å². The zero-order chi connectivity index (χ0) is 22.9. The van der Waals surface area contributed by atoms with Crippen LogP contribution in [-0.2, 0) is 4.74 Å². The van der Waals surface area contributed by atoms with E-state index >= 15 is 0 Å². The van der Waals surface area contributed by atoms with Gasteiger partial charge >= 0.3 is 5.97 Å². The van der Waals surface area contributed by atoms with Crippen LogP contribution in [0.5, 0.6) is 0 Å². The van der Waals surface area contributed by atoms with Gasteiger partial charge in [-0.15, -0.1) is 0 Å². The van der Waals surface area contributed by atoms with Gasteiger partial charge in [-0.3, -0.25) is 0 Å². The molecule has 4 aromatic carbocycles. The first kappa shape index (κ1) is 21.0. The van der Waals surface area contributed by atoms with Gasteiger partial charge < -0.3 is 9.30 Å². The number of benzene rings is 4. The highest BCUT2D eigenvalue weighted by molar-refractivity contribution is 9.10. The second-order valence-electron chi connectivity index (χ2n) is 7.78. The fraction of sp³-hybridized carbons (Fsp3) is 0.0714. The Morgan fingerprint density at radius 3 is 2.12 bits per heavy atom. The predicted octanol–water partition coefficient (Wildman–Crippen LogP) is 6.85. The van der Waals surface area contributed by atoms with Gasteiger partial charge in [-0.1, -0.05) is 82.7 Å². The van der Waals surface area contributed by atoms with Crippen LogP contribution in [-0.4, -0.2) is 17.6 Å². The molecule has 1 heterocycles. The molecule has 160 valence electrons. The maximum Gasteiger partial charge on any atom is 0.337 e. The molecule has 0 aliphatic carbocycles. The summed E-state index contributed by atoms with van der Waals surface area (Å²) in [5, 5.41) is 11.7. The number of methoxy groups -OCH3 is 1. The van der Waals surface area contributed by atoms with E-state index < -0.39 is 5.97 Å². The van der Waals surface area contributed by atoms with E-state index in [0.29, 0.717) is 11.1 Å². The largest absolute Gasteiger partial charge is 0.465 e. The van der Waals surface area contributed by atoms with E-state index in [1.807, 2.05) is 60.7 Å². The molecule has 0 fully saturated rings. The monoisotopic (exact) mass is 494 g/mol. The van der Waals surface area contributed by atoms with Crippen LogP contribution >= 0.6 is 15.9 Å². The summed E-state index contributed by atoms with van der Waals surface area (Å²) >= 11 is 3.59. The molecule has 4 nitrogen and oxygen atoms in total. The number of carbonyl (C=O) groups is 1. The zero-order valence-corrected chi connectivity index (χ0v) is 19.4. The van der Waals surface area contributed by atoms with Gasteiger partial charge in [-0.2, -0.15) is 5.26 Å². The minimum absolute atomic E-state index is 0.166. The summed E-state index contributed by atoms with van der Waals surface area (Å²) in [7, 11) is 1.38. The fourth-order valence-corrected chi connectivity index (χ4v) is 4.96. The number of ether oxygens (including phenoxy) is 1. The first-order valence-corrected chi connectivity index (χ1v) is 11.3. The number of nitrogens with zero attached hydrogens (tertiary/aromatic N) is 2. The molecule has 0 aliphatic rings. The lowest BCUT2D eigenvalue weighted by Crippen LogP contribution is -2.12. The van der Waals surface area contributed by atoms with Crippen LogP contribution in [0.4, 0.5) is 0 Å². The van der Waals surface area contributed by atoms with E-state index in [2.05, 4.69) is 50.8 Å². The number of esters is 1. The molecule has 0 N–H and O–H groups in total. The molecule has 0 bridgehead atoms. The molecule has 0 aliphatic heterocycles. The summed E-state index contributed by atoms with van der Waals surface area (Å²) in [6.07, 6.45) is 0. The summed E-state index contributed by atoms with van der Waals surface area (Å²) in [6.45, 7) is 0. The summed E-state index contributed by atoms with van der Waals surface area (Å²) in [5.41, 5.74) is 5.02. The molecular weight excluding hydrogens is 476 g/mol. The average molecular weight is 495 g/mol. The van der Waals surface area contributed by atoms with E-state index in [1.54, 1.807) is 6.07 Å². The van der Waals surface area contributed by atoms with Gasteiger partial charge in [0.1, 0.15) is 0 Å². The maximum absolute atomic E-state index is 12.4. The normalized spacial score (nSPS) is 11.1. The summed E-state index contributed by atoms with van der Waals surface area (Å²) < 4.78 is 8.02. The molecule has 33 heavy (non-hydrogen) atoms. The first-order valence-electron chi connectivity index (χ1n) is 10.5. The van der Waals surface area contributed by atoms with Crippen molar-refractivity contribution in [2.45, 2.75) is 6.04 Å². The average Bonchev–Trinajstić information content (AvgIpc) is 3.17. The number of rotatable bonds is 4. The minimum atomic E-state index is -0.397. The molecule has 0 unspecified atom stereocenters. The van der Waals surface area contributed by atoms with Crippen molar-refractivity contribution in [2.24, 2.45) is 0 Å². The van der Waals surface area contributed by atoms with Gasteiger partial charge in [-0.25, -0.2) is 4.79 Å². The molecule has 0 amide bonds. The highest BCUT2D eigenvalue weighted by Gasteiger charge is 2.24. The van der Waals surface area contributed by atoms with Crippen molar-refractivity contribution in [1.82, 2.24) is 4.57 Å². The Bertz CT molecular complexity index is 1490. The number of nitriles is 1. The van der Waals surface area contributed by atoms with Crippen molar-refractivity contribution in [2.75, 3.05) is 7.11 Å². The third kappa shape index (κ3) is 3.59. The summed E-state index contributed by atoms with van der Waals surface area (Å²) in [6, 6.07) is 32.1. The topological polar surface area (TPSA) is 55.0 Å². The predicted molar refractivity (Wildman–Crippen MR) is 133 cm³/mol. The molecule has 0 atom stereocenters. The highest BCUT2D eigenvalue weighted by Crippen LogP contribution is 2.40. The Hall–Kier alpha value is -3.88. The SMILES string of the molecule is COC(=O)c1ccc2c3c(C#N)cc(Br)cc3n(C(c3ccccc3)c3ccccc3)c2c1. The number of aromatic nitrogens is 1. The highest BCUT2D eigenvalue weighted by atomic mass is 79.9. The smallest absolute Gasteiger partial charge is 0.337 e. The first-order chi connectivity index (χ1) is 16.1. The van der Waals surface area contributed by atoms with Crippen LogP contribution in [0.1, 0.15) is 33.1 Å². The number of fused-ring (bicyclic) bond motifs is 3. The minimum Gasteiger partial charge on any atom is -0.465 e. The van der Waals surface area contributed by atoms with Crippen molar-refractivity contribution in [1.29, 1.82) is 5.26 Å². The number of hydrogen-bond donors (Lipinski definition) is 0. The summed E-state index contributed by atoms with van der Waals surface area (Å²) in [5.74, 6) is -0.397. The van der Waals surface area contributed by atoms with Crippen molar-refractivity contribution >= 4 is 43.7 Å². The molecule has 1 aromatic heterocycles. The third-order valence-corrected chi connectivity index (χ3v) is 6.36. The quantitative estimate of drug-likeness (QED) is 0.256. The fourth-order valence-electron chi connectivity index (χ4n) is 4.51. The summed E-state index contributed by atoms with van der Waals surface area (Å²) in [4.78, 5) is 12.4. The van der Waals surface area contributed by atoms with E-state index in [-0.39, 0.29) is 6.04 Å². The van der Waals surface area contributed by atoms with Crippen molar-refractivity contribution < 1.29 is 9.53 Å². The Kier molecular flexibility index (Phi) is 5.45. The molecule has 5 aromatic rings. The maximum atomic E-state index is 12.4. The van der Waals surface area contributed by atoms with E-state index in [4.69, 9.17) is 4.74 Å². The van der Waals surface area contributed by atoms with Gasteiger partial charge in [0.25, 0.3) is 0 Å². The van der Waals surface area contributed by atoms with E-state index in [1.165, 1.54) is 7.11 Å². The molecule has 5 rings (SSSR count). The number of halogens is 1. The van der Waals surface area contributed by atoms with Crippen LogP contribution in [0.15, 0.2) is 95.5 Å². The van der Waals surface area contributed by atoms with Crippen LogP contribution in [0.25, 0.3) is 21.8 Å². The van der Waals surface area contributed by atoms with Gasteiger partial charge in [0.2, 0.25) is 0 Å². The lowest BCUT2D eigenvalue weighted by atomic mass is 9.98. The number of carbonyl (C=O) groups excluding carboxylic acids is 1. The molecule has 5 heteroatoms. The third-order valence-electron chi connectivity index (χ3n) is 5.90. The number of hydrogen-bond acceptors (Lipinski definition) is 3. The van der Waals surface area contributed by atoms with Gasteiger partial charge in [-0.05, 0) is 35.4 Å². The standard InChI is InChI=1S/C28H19BrN2O2/c1-33-28(32)20-12-13-23-24(15-20)31(25-16-22(29)14-21(17-30)26(23)25)27(18-8-4-2-5-9-18)19-10-6-3-7-11-19/h2-16,27H,1H3. The second kappa shape index (κ2) is 8.57. The van der Waals surface area contributed by atoms with Crippen LogP contribution in [0.2, 0.25) is 0 Å². The lowest BCUT2D eigenvalue weighted by Gasteiger charge is -2.23.